The predicted molar refractivity (Wildman–Crippen MR) is 117 cm³/mol. The Kier molecular flexibility index (Phi) is 5.77. The van der Waals surface area contributed by atoms with Gasteiger partial charge in [-0.25, -0.2) is 0 Å². The third-order valence-electron chi connectivity index (χ3n) is 5.86. The molecular formula is C24H30N4. The molecule has 0 unspecified atom stereocenters. The molecule has 4 rings (SSSR count). The fourth-order valence-electron chi connectivity index (χ4n) is 4.19. The van der Waals surface area contributed by atoms with E-state index in [0.29, 0.717) is 6.04 Å². The minimum Gasteiger partial charge on any atom is -0.360 e. The van der Waals surface area contributed by atoms with Gasteiger partial charge in [-0.3, -0.25) is 9.89 Å². The molecule has 0 saturated carbocycles. The fraction of sp³-hybridized carbons (Fsp3) is 0.375. The number of aromatic nitrogens is 2. The van der Waals surface area contributed by atoms with Gasteiger partial charge in [-0.05, 0) is 55.0 Å². The van der Waals surface area contributed by atoms with Crippen molar-refractivity contribution in [1.29, 1.82) is 0 Å². The molecule has 1 fully saturated rings. The molecule has 0 amide bonds. The van der Waals surface area contributed by atoms with Crippen molar-refractivity contribution in [1.82, 2.24) is 14.9 Å². The van der Waals surface area contributed by atoms with Crippen molar-refractivity contribution in [2.75, 3.05) is 13.1 Å². The third-order valence-corrected chi connectivity index (χ3v) is 5.86. The first-order valence-corrected chi connectivity index (χ1v) is 10.4. The van der Waals surface area contributed by atoms with Crippen LogP contribution in [0, 0.1) is 6.92 Å². The second kappa shape index (κ2) is 8.61. The fourth-order valence-corrected chi connectivity index (χ4v) is 4.19. The quantitative estimate of drug-likeness (QED) is 0.588. The molecule has 0 radical (unpaired) electrons. The number of H-pyrrole nitrogens is 2. The van der Waals surface area contributed by atoms with E-state index in [1.165, 1.54) is 22.4 Å². The molecule has 1 aliphatic heterocycles. The first kappa shape index (κ1) is 18.8. The van der Waals surface area contributed by atoms with E-state index in [2.05, 4.69) is 71.3 Å². The minimum absolute atomic E-state index is 0.425. The molecule has 3 heterocycles. The maximum Gasteiger partial charge on any atom is 0.0659 e. The number of hydrogen-bond donors (Lipinski definition) is 2. The summed E-state index contributed by atoms with van der Waals surface area (Å²) < 4.78 is 0. The van der Waals surface area contributed by atoms with Crippen LogP contribution in [-0.2, 0) is 13.0 Å². The van der Waals surface area contributed by atoms with E-state index < -0.39 is 0 Å². The summed E-state index contributed by atoms with van der Waals surface area (Å²) in [4.78, 5) is 14.4. The monoisotopic (exact) mass is 374 g/mol. The van der Waals surface area contributed by atoms with Gasteiger partial charge in [0.1, 0.15) is 0 Å². The maximum absolute atomic E-state index is 4.93. The molecular weight excluding hydrogens is 344 g/mol. The summed E-state index contributed by atoms with van der Waals surface area (Å²) in [7, 11) is 0. The number of likely N-dealkylation sites (tertiary alicyclic amines) is 1. The molecule has 2 N–H and O–H groups in total. The van der Waals surface area contributed by atoms with Crippen LogP contribution in [0.25, 0.3) is 11.4 Å². The third kappa shape index (κ3) is 4.12. The van der Waals surface area contributed by atoms with Crippen molar-refractivity contribution in [2.45, 2.75) is 45.7 Å². The normalized spacial score (nSPS) is 16.2. The second-order valence-electron chi connectivity index (χ2n) is 7.73. The van der Waals surface area contributed by atoms with Crippen LogP contribution in [0.1, 0.15) is 42.1 Å². The maximum atomic E-state index is 4.93. The first-order valence-electron chi connectivity index (χ1n) is 10.4. The molecule has 0 aliphatic carbocycles. The molecule has 1 aliphatic rings. The molecule has 1 aromatic carbocycles. The average Bonchev–Trinajstić information content (AvgIpc) is 3.36. The van der Waals surface area contributed by atoms with E-state index in [1.54, 1.807) is 0 Å². The Bertz CT molecular complexity index is 898. The van der Waals surface area contributed by atoms with Crippen molar-refractivity contribution >= 4 is 6.21 Å². The van der Waals surface area contributed by atoms with Crippen molar-refractivity contribution in [3.8, 4) is 11.4 Å². The number of hydrogen-bond acceptors (Lipinski definition) is 2. The minimum atomic E-state index is 0.425. The molecule has 1 saturated heterocycles. The van der Waals surface area contributed by atoms with Gasteiger partial charge < -0.3 is 9.97 Å². The molecule has 146 valence electrons. The number of rotatable bonds is 6. The van der Waals surface area contributed by atoms with E-state index >= 15 is 0 Å². The Morgan fingerprint density at radius 2 is 1.89 bits per heavy atom. The van der Waals surface area contributed by atoms with Gasteiger partial charge in [-0.1, -0.05) is 37.3 Å². The predicted octanol–water partition coefficient (Wildman–Crippen LogP) is 4.96. The molecule has 4 nitrogen and oxygen atoms in total. The van der Waals surface area contributed by atoms with Gasteiger partial charge in [0.15, 0.2) is 0 Å². The van der Waals surface area contributed by atoms with Crippen LogP contribution in [-0.4, -0.2) is 40.2 Å². The van der Waals surface area contributed by atoms with Crippen molar-refractivity contribution in [3.63, 3.8) is 0 Å². The number of aromatic amines is 2. The Balaban J connectivity index is 1.39. The summed E-state index contributed by atoms with van der Waals surface area (Å²) in [6, 6.07) is 15.3. The number of nitrogens with one attached hydrogen (secondary N) is 2. The Morgan fingerprint density at radius 3 is 2.57 bits per heavy atom. The van der Waals surface area contributed by atoms with Crippen LogP contribution >= 0.6 is 0 Å². The highest BCUT2D eigenvalue weighted by atomic mass is 15.1. The van der Waals surface area contributed by atoms with Crippen LogP contribution in [0.2, 0.25) is 0 Å². The largest absolute Gasteiger partial charge is 0.360 e. The molecule has 4 heteroatoms. The van der Waals surface area contributed by atoms with E-state index in [0.717, 1.165) is 50.3 Å². The number of nitrogens with zero attached hydrogens (tertiary/aromatic N) is 2. The van der Waals surface area contributed by atoms with E-state index in [4.69, 9.17) is 4.99 Å². The van der Waals surface area contributed by atoms with Gasteiger partial charge in [0.2, 0.25) is 0 Å². The number of piperidine rings is 1. The molecule has 0 spiro atoms. The van der Waals surface area contributed by atoms with Crippen LogP contribution < -0.4 is 0 Å². The summed E-state index contributed by atoms with van der Waals surface area (Å²) in [6.07, 6.45) is 7.32. The summed E-state index contributed by atoms with van der Waals surface area (Å²) in [6.45, 7) is 7.70. The number of benzene rings is 1. The number of aliphatic imine (C=N–C) groups is 1. The molecule has 0 bridgehead atoms. The van der Waals surface area contributed by atoms with Gasteiger partial charge in [0, 0.05) is 32.0 Å². The second-order valence-corrected chi connectivity index (χ2v) is 7.73. The lowest BCUT2D eigenvalue weighted by atomic mass is 10.0. The van der Waals surface area contributed by atoms with Crippen LogP contribution in [0.4, 0.5) is 0 Å². The van der Waals surface area contributed by atoms with Crippen LogP contribution in [0.3, 0.4) is 0 Å². The first-order chi connectivity index (χ1) is 13.7. The van der Waals surface area contributed by atoms with Crippen molar-refractivity contribution in [3.05, 3.63) is 71.0 Å². The zero-order valence-electron chi connectivity index (χ0n) is 16.9. The summed E-state index contributed by atoms with van der Waals surface area (Å²) in [5.74, 6) is 0. The smallest absolute Gasteiger partial charge is 0.0659 e. The Labute approximate surface area is 167 Å². The summed E-state index contributed by atoms with van der Waals surface area (Å²) in [5, 5.41) is 0. The van der Waals surface area contributed by atoms with Crippen molar-refractivity contribution in [2.24, 2.45) is 4.99 Å². The lowest BCUT2D eigenvalue weighted by molar-refractivity contribution is 0.206. The topological polar surface area (TPSA) is 47.2 Å². The van der Waals surface area contributed by atoms with E-state index in [1.807, 2.05) is 12.3 Å². The summed E-state index contributed by atoms with van der Waals surface area (Å²) in [5.41, 5.74) is 7.58. The van der Waals surface area contributed by atoms with Gasteiger partial charge in [-0.15, -0.1) is 0 Å². The van der Waals surface area contributed by atoms with Crippen LogP contribution in [0.5, 0.6) is 0 Å². The van der Waals surface area contributed by atoms with E-state index in [-0.39, 0.29) is 0 Å². The average molecular weight is 375 g/mol. The molecule has 2 aromatic heterocycles. The molecule has 0 atom stereocenters. The van der Waals surface area contributed by atoms with Crippen molar-refractivity contribution < 1.29 is 0 Å². The highest BCUT2D eigenvalue weighted by Crippen LogP contribution is 2.27. The van der Waals surface area contributed by atoms with Gasteiger partial charge in [0.25, 0.3) is 0 Å². The Hall–Kier alpha value is -2.59. The zero-order valence-corrected chi connectivity index (χ0v) is 16.9. The SMILES string of the molecule is CCc1c(-c2ccc[nH]2)[nH]c(C=NC2CCN(Cc3ccccc3)CC2)c1C. The lowest BCUT2D eigenvalue weighted by Gasteiger charge is -2.30. The van der Waals surface area contributed by atoms with Crippen LogP contribution in [0.15, 0.2) is 53.7 Å². The van der Waals surface area contributed by atoms with Gasteiger partial charge in [0.05, 0.1) is 23.1 Å². The van der Waals surface area contributed by atoms with Gasteiger partial charge >= 0.3 is 0 Å². The standard InChI is InChI=1S/C24H30N4/c1-3-21-18(2)23(27-24(21)22-10-7-13-25-22)16-26-20-11-14-28(15-12-20)17-19-8-5-4-6-9-19/h4-10,13,16,20,25,27H,3,11-12,14-15,17H2,1-2H3. The molecule has 3 aromatic rings. The highest BCUT2D eigenvalue weighted by Gasteiger charge is 2.19. The lowest BCUT2D eigenvalue weighted by Crippen LogP contribution is -2.34. The zero-order chi connectivity index (χ0) is 19.3. The van der Waals surface area contributed by atoms with E-state index in [9.17, 15) is 0 Å². The highest BCUT2D eigenvalue weighted by molar-refractivity contribution is 5.83. The molecule has 28 heavy (non-hydrogen) atoms. The Morgan fingerprint density at radius 1 is 1.11 bits per heavy atom. The summed E-state index contributed by atoms with van der Waals surface area (Å²) >= 11 is 0. The van der Waals surface area contributed by atoms with Gasteiger partial charge in [-0.2, -0.15) is 0 Å².